The number of carbonyl (C=O) groups excluding carboxylic acids is 2. The van der Waals surface area contributed by atoms with Crippen molar-refractivity contribution >= 4 is 29.3 Å². The van der Waals surface area contributed by atoms with Gasteiger partial charge in [0.25, 0.3) is 5.91 Å². The molecule has 6 nitrogen and oxygen atoms in total. The highest BCUT2D eigenvalue weighted by atomic mass is 32.2. The maximum atomic E-state index is 13.8. The van der Waals surface area contributed by atoms with Gasteiger partial charge < -0.3 is 15.4 Å². The van der Waals surface area contributed by atoms with E-state index in [-0.39, 0.29) is 17.1 Å². The number of aromatic nitrogens is 1. The van der Waals surface area contributed by atoms with Gasteiger partial charge in [-0.1, -0.05) is 44.2 Å². The van der Waals surface area contributed by atoms with E-state index >= 15 is 0 Å². The van der Waals surface area contributed by atoms with Crippen molar-refractivity contribution in [2.24, 2.45) is 5.41 Å². The Morgan fingerprint density at radius 3 is 2.60 bits per heavy atom. The van der Waals surface area contributed by atoms with Crippen molar-refractivity contribution in [3.05, 3.63) is 106 Å². The Labute approximate surface area is 240 Å². The number of nitrogens with zero attached hydrogens (tertiary/aromatic N) is 1. The van der Waals surface area contributed by atoms with Crippen molar-refractivity contribution in [2.45, 2.75) is 57.1 Å². The third-order valence-corrected chi connectivity index (χ3v) is 8.48. The molecule has 1 aliphatic carbocycles. The topological polar surface area (TPSA) is 80.3 Å². The average molecular weight is 554 g/mol. The van der Waals surface area contributed by atoms with Crippen LogP contribution in [0.5, 0.6) is 5.75 Å². The molecule has 206 valence electrons. The standard InChI is InChI=1S/C33H35N3O3S/c1-20-13-14-34-28(15-20)36-32(38)29-21(2)35-25-17-33(3,4)18-26(37)31(25)30(29)22-11-12-23(27(16-22)39-5)19-40-24-9-7-6-8-10-24/h6-16,30,35H,17-19H2,1-5H3,(H,34,36,38)/t30-/m1/s1. The van der Waals surface area contributed by atoms with Crippen LogP contribution in [0.1, 0.15) is 56.2 Å². The van der Waals surface area contributed by atoms with Crippen LogP contribution in [0.25, 0.3) is 0 Å². The van der Waals surface area contributed by atoms with E-state index < -0.39 is 5.92 Å². The number of methoxy groups -OCH3 is 1. The fraction of sp³-hybridized carbons (Fsp3) is 0.303. The van der Waals surface area contributed by atoms with E-state index in [1.165, 1.54) is 4.90 Å². The molecule has 0 spiro atoms. The Morgan fingerprint density at radius 1 is 1.10 bits per heavy atom. The quantitative estimate of drug-likeness (QED) is 0.309. The molecular formula is C33H35N3O3S. The molecular weight excluding hydrogens is 518 g/mol. The Balaban J connectivity index is 1.55. The molecule has 7 heteroatoms. The molecule has 0 unspecified atom stereocenters. The fourth-order valence-electron chi connectivity index (χ4n) is 5.60. The fourth-order valence-corrected chi connectivity index (χ4v) is 6.51. The summed E-state index contributed by atoms with van der Waals surface area (Å²) in [5.74, 6) is 1.23. The number of ketones is 1. The predicted octanol–water partition coefficient (Wildman–Crippen LogP) is 6.93. The number of rotatable bonds is 7. The van der Waals surface area contributed by atoms with Gasteiger partial charge in [-0.2, -0.15) is 0 Å². The molecule has 5 rings (SSSR count). The number of dihydropyridines is 1. The van der Waals surface area contributed by atoms with Gasteiger partial charge >= 0.3 is 0 Å². The Bertz CT molecular complexity index is 1520. The van der Waals surface area contributed by atoms with Gasteiger partial charge in [-0.25, -0.2) is 4.98 Å². The smallest absolute Gasteiger partial charge is 0.255 e. The number of allylic oxidation sites excluding steroid dienone is 3. The van der Waals surface area contributed by atoms with Crippen LogP contribution in [0.3, 0.4) is 0 Å². The van der Waals surface area contributed by atoms with Gasteiger partial charge in [-0.05, 0) is 67.1 Å². The van der Waals surface area contributed by atoms with Crippen molar-refractivity contribution < 1.29 is 14.3 Å². The molecule has 2 N–H and O–H groups in total. The lowest BCUT2D eigenvalue weighted by atomic mass is 9.68. The zero-order valence-electron chi connectivity index (χ0n) is 23.6. The van der Waals surface area contributed by atoms with E-state index in [0.717, 1.165) is 46.0 Å². The van der Waals surface area contributed by atoms with Crippen molar-refractivity contribution in [3.8, 4) is 5.75 Å². The molecule has 0 saturated carbocycles. The van der Waals surface area contributed by atoms with Crippen LogP contribution < -0.4 is 15.4 Å². The predicted molar refractivity (Wildman–Crippen MR) is 160 cm³/mol. The van der Waals surface area contributed by atoms with Gasteiger partial charge in [0.2, 0.25) is 0 Å². The van der Waals surface area contributed by atoms with Gasteiger partial charge in [0.05, 0.1) is 7.11 Å². The van der Waals surface area contributed by atoms with Crippen molar-refractivity contribution in [2.75, 3.05) is 12.4 Å². The minimum absolute atomic E-state index is 0.0675. The monoisotopic (exact) mass is 553 g/mol. The highest BCUT2D eigenvalue weighted by Gasteiger charge is 2.43. The number of aryl methyl sites for hydroxylation is 1. The molecule has 0 radical (unpaired) electrons. The first-order chi connectivity index (χ1) is 19.1. The van der Waals surface area contributed by atoms with Crippen LogP contribution in [0.2, 0.25) is 0 Å². The van der Waals surface area contributed by atoms with E-state index in [1.54, 1.807) is 25.1 Å². The largest absolute Gasteiger partial charge is 0.496 e. The Kier molecular flexibility index (Phi) is 7.86. The van der Waals surface area contributed by atoms with E-state index in [4.69, 9.17) is 4.74 Å². The number of pyridine rings is 1. The summed E-state index contributed by atoms with van der Waals surface area (Å²) in [4.78, 5) is 33.0. The lowest BCUT2D eigenvalue weighted by molar-refractivity contribution is -0.118. The lowest BCUT2D eigenvalue weighted by Crippen LogP contribution is -2.39. The first kappa shape index (κ1) is 27.7. The zero-order valence-corrected chi connectivity index (χ0v) is 24.4. The highest BCUT2D eigenvalue weighted by molar-refractivity contribution is 7.98. The number of ether oxygens (including phenoxy) is 1. The summed E-state index contributed by atoms with van der Waals surface area (Å²) in [5.41, 5.74) is 5.57. The highest BCUT2D eigenvalue weighted by Crippen LogP contribution is 2.47. The van der Waals surface area contributed by atoms with Gasteiger partial charge in [-0.3, -0.25) is 9.59 Å². The summed E-state index contributed by atoms with van der Waals surface area (Å²) in [5, 5.41) is 6.40. The lowest BCUT2D eigenvalue weighted by Gasteiger charge is -2.39. The third kappa shape index (κ3) is 5.85. The minimum atomic E-state index is -0.519. The van der Waals surface area contributed by atoms with E-state index in [2.05, 4.69) is 47.7 Å². The first-order valence-corrected chi connectivity index (χ1v) is 14.5. The van der Waals surface area contributed by atoms with Crippen LogP contribution in [0.15, 0.2) is 94.3 Å². The SMILES string of the molecule is COc1cc([C@@H]2C(C(=O)Nc3cc(C)ccn3)=C(C)NC3=C2C(=O)CC(C)(C)C3)ccc1CSc1ccccc1. The molecule has 1 aliphatic heterocycles. The molecule has 3 aromatic rings. The number of benzene rings is 2. The molecule has 1 aromatic heterocycles. The van der Waals surface area contributed by atoms with E-state index in [9.17, 15) is 9.59 Å². The second-order valence-corrected chi connectivity index (χ2v) is 12.3. The second kappa shape index (κ2) is 11.3. The summed E-state index contributed by atoms with van der Waals surface area (Å²) >= 11 is 1.74. The molecule has 40 heavy (non-hydrogen) atoms. The summed E-state index contributed by atoms with van der Waals surface area (Å²) in [7, 11) is 1.66. The summed E-state index contributed by atoms with van der Waals surface area (Å²) in [6, 6.07) is 20.0. The molecule has 0 bridgehead atoms. The van der Waals surface area contributed by atoms with E-state index in [1.807, 2.05) is 56.3 Å². The van der Waals surface area contributed by atoms with Gasteiger partial charge in [0, 0.05) is 57.3 Å². The molecule has 2 aliphatic rings. The normalized spacial score (nSPS) is 18.2. The Morgan fingerprint density at radius 2 is 1.88 bits per heavy atom. The van der Waals surface area contributed by atoms with Crippen LogP contribution in [0.4, 0.5) is 5.82 Å². The zero-order chi connectivity index (χ0) is 28.4. The minimum Gasteiger partial charge on any atom is -0.496 e. The number of hydrogen-bond acceptors (Lipinski definition) is 6. The van der Waals surface area contributed by atoms with Gasteiger partial charge in [0.15, 0.2) is 5.78 Å². The Hall–Kier alpha value is -3.84. The maximum Gasteiger partial charge on any atom is 0.255 e. The molecule has 0 fully saturated rings. The summed E-state index contributed by atoms with van der Waals surface area (Å²) < 4.78 is 5.84. The van der Waals surface area contributed by atoms with Crippen molar-refractivity contribution in [3.63, 3.8) is 0 Å². The molecule has 2 heterocycles. The van der Waals surface area contributed by atoms with Crippen LogP contribution in [0, 0.1) is 12.3 Å². The maximum absolute atomic E-state index is 13.8. The number of anilines is 1. The summed E-state index contributed by atoms with van der Waals surface area (Å²) in [6.07, 6.45) is 2.84. The second-order valence-electron chi connectivity index (χ2n) is 11.3. The molecule has 0 saturated heterocycles. The first-order valence-electron chi connectivity index (χ1n) is 13.5. The summed E-state index contributed by atoms with van der Waals surface area (Å²) in [6.45, 7) is 8.08. The average Bonchev–Trinajstić information content (AvgIpc) is 2.90. The van der Waals surface area contributed by atoms with Crippen LogP contribution >= 0.6 is 11.8 Å². The number of thioether (sulfide) groups is 1. The van der Waals surface area contributed by atoms with Crippen LogP contribution in [-0.2, 0) is 15.3 Å². The number of hydrogen-bond donors (Lipinski definition) is 2. The number of carbonyl (C=O) groups is 2. The van der Waals surface area contributed by atoms with Crippen molar-refractivity contribution in [1.82, 2.24) is 10.3 Å². The molecule has 1 atom stereocenters. The molecule has 2 aromatic carbocycles. The number of amides is 1. The number of Topliss-reactive ketones (excluding diaryl/α,β-unsaturated/α-hetero) is 1. The van der Waals surface area contributed by atoms with Gasteiger partial charge in [-0.15, -0.1) is 11.8 Å². The van der Waals surface area contributed by atoms with Crippen LogP contribution in [-0.4, -0.2) is 23.8 Å². The number of nitrogens with one attached hydrogen (secondary N) is 2. The molecule has 1 amide bonds. The van der Waals surface area contributed by atoms with Gasteiger partial charge in [0.1, 0.15) is 11.6 Å². The van der Waals surface area contributed by atoms with E-state index in [0.29, 0.717) is 23.4 Å². The third-order valence-electron chi connectivity index (χ3n) is 7.42. The van der Waals surface area contributed by atoms with Crippen molar-refractivity contribution in [1.29, 1.82) is 0 Å².